The highest BCUT2D eigenvalue weighted by Crippen LogP contribution is 2.32. The molecule has 0 bridgehead atoms. The van der Waals surface area contributed by atoms with E-state index in [2.05, 4.69) is 29.3 Å². The Morgan fingerprint density at radius 3 is 2.43 bits per heavy atom. The van der Waals surface area contributed by atoms with Crippen molar-refractivity contribution in [3.63, 3.8) is 0 Å². The minimum Gasteiger partial charge on any atom is -0.505 e. The van der Waals surface area contributed by atoms with Crippen molar-refractivity contribution in [3.8, 4) is 11.5 Å². The van der Waals surface area contributed by atoms with E-state index in [0.29, 0.717) is 17.9 Å². The highest BCUT2D eigenvalue weighted by Gasteiger charge is 2.14. The first kappa shape index (κ1) is 21.6. The maximum Gasteiger partial charge on any atom is 0.314 e. The Morgan fingerprint density at radius 1 is 1.04 bits per heavy atom. The van der Waals surface area contributed by atoms with Crippen molar-refractivity contribution in [2.75, 3.05) is 0 Å². The van der Waals surface area contributed by atoms with Gasteiger partial charge in [0.15, 0.2) is 0 Å². The van der Waals surface area contributed by atoms with Gasteiger partial charge in [-0.05, 0) is 49.1 Å². The molecule has 0 radical (unpaired) electrons. The van der Waals surface area contributed by atoms with Gasteiger partial charge in [-0.1, -0.05) is 52.2 Å². The smallest absolute Gasteiger partial charge is 0.314 e. The normalized spacial score (nSPS) is 12.2. The Labute approximate surface area is 167 Å². The Bertz CT molecular complexity index is 785. The molecule has 150 valence electrons. The molecule has 0 aliphatic rings. The van der Waals surface area contributed by atoms with Gasteiger partial charge in [0.05, 0.1) is 11.6 Å². The standard InChI is InChI=1S/C23H30N2O3/c1-4-6-7-8-9-18-10-12-19(13-11-18)24-25-21-15-14-20(16-22(21)26)28-23(27)17(3)5-2/h10-17,26H,4-9H2,1-3H3. The van der Waals surface area contributed by atoms with E-state index in [1.54, 1.807) is 19.1 Å². The van der Waals surface area contributed by atoms with E-state index >= 15 is 0 Å². The molecule has 1 atom stereocenters. The summed E-state index contributed by atoms with van der Waals surface area (Å²) in [6.07, 6.45) is 6.78. The van der Waals surface area contributed by atoms with E-state index in [1.165, 1.54) is 37.3 Å². The van der Waals surface area contributed by atoms with E-state index < -0.39 is 0 Å². The van der Waals surface area contributed by atoms with Crippen LogP contribution >= 0.6 is 0 Å². The van der Waals surface area contributed by atoms with Gasteiger partial charge >= 0.3 is 5.97 Å². The minimum atomic E-state index is -0.314. The second kappa shape index (κ2) is 11.2. The SMILES string of the molecule is CCCCCCc1ccc(N=Nc2ccc(OC(=O)C(C)CC)cc2O)cc1. The van der Waals surface area contributed by atoms with Gasteiger partial charge in [0.25, 0.3) is 0 Å². The number of aryl methyl sites for hydroxylation is 1. The molecule has 0 saturated heterocycles. The summed E-state index contributed by atoms with van der Waals surface area (Å²) in [5, 5.41) is 18.4. The summed E-state index contributed by atoms with van der Waals surface area (Å²) < 4.78 is 5.26. The Balaban J connectivity index is 1.95. The monoisotopic (exact) mass is 382 g/mol. The molecule has 0 saturated carbocycles. The van der Waals surface area contributed by atoms with E-state index in [-0.39, 0.29) is 17.6 Å². The lowest BCUT2D eigenvalue weighted by atomic mass is 10.1. The number of carbonyl (C=O) groups excluding carboxylic acids is 1. The molecule has 0 aromatic heterocycles. The van der Waals surface area contributed by atoms with Crippen LogP contribution in [0.25, 0.3) is 0 Å². The number of azo groups is 1. The Kier molecular flexibility index (Phi) is 8.66. The van der Waals surface area contributed by atoms with Crippen LogP contribution in [0, 0.1) is 5.92 Å². The van der Waals surface area contributed by atoms with E-state index in [4.69, 9.17) is 4.74 Å². The molecule has 0 aliphatic carbocycles. The number of hydrogen-bond acceptors (Lipinski definition) is 5. The summed E-state index contributed by atoms with van der Waals surface area (Å²) in [5.74, 6) is -0.276. The number of carbonyl (C=O) groups is 1. The number of unbranched alkanes of at least 4 members (excludes halogenated alkanes) is 3. The molecule has 5 heteroatoms. The molecule has 1 N–H and O–H groups in total. The van der Waals surface area contributed by atoms with Gasteiger partial charge in [-0.2, -0.15) is 5.11 Å². The number of ether oxygens (including phenoxy) is 1. The zero-order valence-corrected chi connectivity index (χ0v) is 17.0. The van der Waals surface area contributed by atoms with Crippen LogP contribution in [0.15, 0.2) is 52.7 Å². The molecular formula is C23H30N2O3. The predicted molar refractivity (Wildman–Crippen MR) is 112 cm³/mol. The highest BCUT2D eigenvalue weighted by molar-refractivity contribution is 5.75. The van der Waals surface area contributed by atoms with Crippen LogP contribution in [0.2, 0.25) is 0 Å². The summed E-state index contributed by atoms with van der Waals surface area (Å²) in [7, 11) is 0. The predicted octanol–water partition coefficient (Wildman–Crippen LogP) is 6.88. The zero-order valence-electron chi connectivity index (χ0n) is 17.0. The fraction of sp³-hybridized carbons (Fsp3) is 0.435. The molecule has 0 amide bonds. The maximum absolute atomic E-state index is 11.8. The largest absolute Gasteiger partial charge is 0.505 e. The third kappa shape index (κ3) is 6.80. The van der Waals surface area contributed by atoms with Crippen LogP contribution in [-0.4, -0.2) is 11.1 Å². The van der Waals surface area contributed by atoms with Gasteiger partial charge < -0.3 is 9.84 Å². The van der Waals surface area contributed by atoms with Crippen LogP contribution in [0.5, 0.6) is 11.5 Å². The molecule has 5 nitrogen and oxygen atoms in total. The van der Waals surface area contributed by atoms with Crippen molar-refractivity contribution in [2.45, 2.75) is 59.3 Å². The van der Waals surface area contributed by atoms with Crippen LogP contribution < -0.4 is 4.74 Å². The molecule has 0 fully saturated rings. The summed E-state index contributed by atoms with van der Waals surface area (Å²) >= 11 is 0. The topological polar surface area (TPSA) is 71.2 Å². The van der Waals surface area contributed by atoms with Gasteiger partial charge in [-0.25, -0.2) is 0 Å². The van der Waals surface area contributed by atoms with Crippen LogP contribution in [0.1, 0.15) is 58.4 Å². The van der Waals surface area contributed by atoms with Crippen LogP contribution in [0.4, 0.5) is 11.4 Å². The summed E-state index contributed by atoms with van der Waals surface area (Å²) in [6.45, 7) is 5.94. The molecule has 0 spiro atoms. The first-order valence-corrected chi connectivity index (χ1v) is 10.1. The number of aromatic hydroxyl groups is 1. The van der Waals surface area contributed by atoms with Crippen molar-refractivity contribution in [1.82, 2.24) is 0 Å². The van der Waals surface area contributed by atoms with E-state index in [0.717, 1.165) is 12.1 Å². The number of benzene rings is 2. The number of nitrogens with zero attached hydrogens (tertiary/aromatic N) is 2. The van der Waals surface area contributed by atoms with Crippen molar-refractivity contribution < 1.29 is 14.6 Å². The molecular weight excluding hydrogens is 352 g/mol. The Morgan fingerprint density at radius 2 is 1.79 bits per heavy atom. The average molecular weight is 383 g/mol. The third-order valence-corrected chi connectivity index (χ3v) is 4.71. The lowest BCUT2D eigenvalue weighted by Crippen LogP contribution is -2.16. The number of hydrogen-bond donors (Lipinski definition) is 1. The zero-order chi connectivity index (χ0) is 20.4. The first-order valence-electron chi connectivity index (χ1n) is 10.1. The lowest BCUT2D eigenvalue weighted by molar-refractivity contribution is -0.138. The molecule has 0 aliphatic heterocycles. The van der Waals surface area contributed by atoms with Gasteiger partial charge in [0.1, 0.15) is 17.2 Å². The number of phenols is 1. The molecule has 1 unspecified atom stereocenters. The first-order chi connectivity index (χ1) is 13.5. The van der Waals surface area contributed by atoms with Gasteiger partial charge in [-0.3, -0.25) is 4.79 Å². The second-order valence-corrected chi connectivity index (χ2v) is 7.06. The number of phenolic OH excluding ortho intramolecular Hbond substituents is 1. The molecule has 2 aromatic carbocycles. The lowest BCUT2D eigenvalue weighted by Gasteiger charge is -2.09. The molecule has 2 aromatic rings. The Hall–Kier alpha value is -2.69. The van der Waals surface area contributed by atoms with Gasteiger partial charge in [-0.15, -0.1) is 5.11 Å². The number of esters is 1. The van der Waals surface area contributed by atoms with Gasteiger partial charge in [0.2, 0.25) is 0 Å². The molecule has 2 rings (SSSR count). The molecule has 0 heterocycles. The quantitative estimate of drug-likeness (QED) is 0.211. The van der Waals surface area contributed by atoms with Crippen molar-refractivity contribution in [2.24, 2.45) is 16.1 Å². The van der Waals surface area contributed by atoms with Crippen LogP contribution in [-0.2, 0) is 11.2 Å². The summed E-state index contributed by atoms with van der Waals surface area (Å²) in [5.41, 5.74) is 2.35. The number of rotatable bonds is 10. The highest BCUT2D eigenvalue weighted by atomic mass is 16.5. The van der Waals surface area contributed by atoms with Crippen LogP contribution in [0.3, 0.4) is 0 Å². The minimum absolute atomic E-state index is 0.0780. The van der Waals surface area contributed by atoms with E-state index in [9.17, 15) is 9.90 Å². The molecule has 28 heavy (non-hydrogen) atoms. The van der Waals surface area contributed by atoms with Crippen molar-refractivity contribution >= 4 is 17.3 Å². The fourth-order valence-electron chi connectivity index (χ4n) is 2.63. The third-order valence-electron chi connectivity index (χ3n) is 4.71. The van der Waals surface area contributed by atoms with Gasteiger partial charge in [0, 0.05) is 6.07 Å². The van der Waals surface area contributed by atoms with E-state index in [1.807, 2.05) is 19.1 Å². The van der Waals surface area contributed by atoms with Crippen molar-refractivity contribution in [3.05, 3.63) is 48.0 Å². The van der Waals surface area contributed by atoms with Crippen molar-refractivity contribution in [1.29, 1.82) is 0 Å². The maximum atomic E-state index is 11.8. The summed E-state index contributed by atoms with van der Waals surface area (Å²) in [4.78, 5) is 11.8. The summed E-state index contributed by atoms with van der Waals surface area (Å²) in [6, 6.07) is 12.6. The average Bonchev–Trinajstić information content (AvgIpc) is 2.71. The fourth-order valence-corrected chi connectivity index (χ4v) is 2.63. The second-order valence-electron chi connectivity index (χ2n) is 7.06.